The first-order chi connectivity index (χ1) is 9.72. The molecule has 1 heterocycles. The number of furan rings is 1. The fraction of sp³-hybridized carbons (Fsp3) is 0.667. The SMILES string of the molecule is CN=C(NCCCCOC(C)C)NCCc1ccco1. The largest absolute Gasteiger partial charge is 0.469 e. The van der Waals surface area contributed by atoms with E-state index in [4.69, 9.17) is 9.15 Å². The zero-order valence-electron chi connectivity index (χ0n) is 12.8. The molecule has 0 saturated heterocycles. The van der Waals surface area contributed by atoms with Crippen LogP contribution in [0, 0.1) is 0 Å². The summed E-state index contributed by atoms with van der Waals surface area (Å²) in [7, 11) is 1.78. The van der Waals surface area contributed by atoms with Crippen LogP contribution in [0.5, 0.6) is 0 Å². The summed E-state index contributed by atoms with van der Waals surface area (Å²) < 4.78 is 10.8. The van der Waals surface area contributed by atoms with Gasteiger partial charge in [0, 0.05) is 33.2 Å². The number of ether oxygens (including phenoxy) is 1. The quantitative estimate of drug-likeness (QED) is 0.414. The van der Waals surface area contributed by atoms with Gasteiger partial charge in [0.15, 0.2) is 5.96 Å². The van der Waals surface area contributed by atoms with Crippen LogP contribution in [0.3, 0.4) is 0 Å². The molecule has 0 saturated carbocycles. The fourth-order valence-electron chi connectivity index (χ4n) is 1.73. The van der Waals surface area contributed by atoms with Gasteiger partial charge in [-0.1, -0.05) is 0 Å². The molecule has 1 aromatic rings. The Balaban J connectivity index is 2.02. The predicted molar refractivity (Wildman–Crippen MR) is 82.1 cm³/mol. The molecule has 5 nitrogen and oxygen atoms in total. The maximum atomic E-state index is 5.50. The van der Waals surface area contributed by atoms with Crippen molar-refractivity contribution in [3.63, 3.8) is 0 Å². The van der Waals surface area contributed by atoms with Crippen molar-refractivity contribution >= 4 is 5.96 Å². The third kappa shape index (κ3) is 7.84. The van der Waals surface area contributed by atoms with Crippen molar-refractivity contribution in [1.29, 1.82) is 0 Å². The molecule has 0 aliphatic rings. The molecule has 0 amide bonds. The van der Waals surface area contributed by atoms with Crippen LogP contribution < -0.4 is 10.6 Å². The van der Waals surface area contributed by atoms with E-state index in [1.54, 1.807) is 13.3 Å². The maximum Gasteiger partial charge on any atom is 0.190 e. The minimum absolute atomic E-state index is 0.319. The Morgan fingerprint density at radius 3 is 2.75 bits per heavy atom. The van der Waals surface area contributed by atoms with Gasteiger partial charge in [0.05, 0.1) is 12.4 Å². The lowest BCUT2D eigenvalue weighted by atomic mass is 10.3. The number of nitrogens with one attached hydrogen (secondary N) is 2. The Bertz CT molecular complexity index is 361. The zero-order chi connectivity index (χ0) is 14.6. The summed E-state index contributed by atoms with van der Waals surface area (Å²) in [4.78, 5) is 4.19. The lowest BCUT2D eigenvalue weighted by molar-refractivity contribution is 0.0762. The van der Waals surface area contributed by atoms with Gasteiger partial charge in [-0.2, -0.15) is 0 Å². The second-order valence-corrected chi connectivity index (χ2v) is 4.88. The lowest BCUT2D eigenvalue weighted by Crippen LogP contribution is -2.38. The molecule has 0 bridgehead atoms. The summed E-state index contributed by atoms with van der Waals surface area (Å²) in [6.45, 7) is 6.65. The third-order valence-electron chi connectivity index (χ3n) is 2.78. The molecule has 0 unspecified atom stereocenters. The average Bonchev–Trinajstić information content (AvgIpc) is 2.93. The topological polar surface area (TPSA) is 58.8 Å². The second kappa shape index (κ2) is 10.3. The summed E-state index contributed by atoms with van der Waals surface area (Å²) in [5, 5.41) is 6.55. The average molecular weight is 281 g/mol. The van der Waals surface area contributed by atoms with Crippen LogP contribution in [0.2, 0.25) is 0 Å². The minimum Gasteiger partial charge on any atom is -0.469 e. The first-order valence-corrected chi connectivity index (χ1v) is 7.31. The zero-order valence-corrected chi connectivity index (χ0v) is 12.8. The van der Waals surface area contributed by atoms with Crippen molar-refractivity contribution in [2.75, 3.05) is 26.7 Å². The summed E-state index contributed by atoms with van der Waals surface area (Å²) >= 11 is 0. The van der Waals surface area contributed by atoms with Crippen molar-refractivity contribution < 1.29 is 9.15 Å². The first-order valence-electron chi connectivity index (χ1n) is 7.31. The summed E-state index contributed by atoms with van der Waals surface area (Å²) in [5.74, 6) is 1.82. The van der Waals surface area contributed by atoms with Crippen molar-refractivity contribution in [3.05, 3.63) is 24.2 Å². The second-order valence-electron chi connectivity index (χ2n) is 4.88. The lowest BCUT2D eigenvalue weighted by Gasteiger charge is -2.11. The highest BCUT2D eigenvalue weighted by Gasteiger charge is 1.99. The Morgan fingerprint density at radius 2 is 2.10 bits per heavy atom. The van der Waals surface area contributed by atoms with E-state index < -0.39 is 0 Å². The van der Waals surface area contributed by atoms with Crippen molar-refractivity contribution in [3.8, 4) is 0 Å². The number of nitrogens with zero attached hydrogens (tertiary/aromatic N) is 1. The highest BCUT2D eigenvalue weighted by atomic mass is 16.5. The predicted octanol–water partition coefficient (Wildman–Crippen LogP) is 2.19. The smallest absolute Gasteiger partial charge is 0.190 e. The van der Waals surface area contributed by atoms with Gasteiger partial charge in [-0.25, -0.2) is 0 Å². The van der Waals surface area contributed by atoms with Gasteiger partial charge in [0.2, 0.25) is 0 Å². The number of aliphatic imine (C=N–C) groups is 1. The van der Waals surface area contributed by atoms with Gasteiger partial charge in [-0.05, 0) is 38.8 Å². The van der Waals surface area contributed by atoms with Gasteiger partial charge in [0.1, 0.15) is 5.76 Å². The highest BCUT2D eigenvalue weighted by Crippen LogP contribution is 1.99. The number of unbranched alkanes of at least 4 members (excludes halogenated alkanes) is 1. The number of guanidine groups is 1. The van der Waals surface area contributed by atoms with Crippen molar-refractivity contribution in [2.24, 2.45) is 4.99 Å². The van der Waals surface area contributed by atoms with Crippen LogP contribution in [-0.4, -0.2) is 38.8 Å². The molecule has 20 heavy (non-hydrogen) atoms. The molecule has 0 aliphatic carbocycles. The van der Waals surface area contributed by atoms with Crippen LogP contribution in [0.15, 0.2) is 27.8 Å². The molecule has 0 fully saturated rings. The van der Waals surface area contributed by atoms with Gasteiger partial charge < -0.3 is 19.8 Å². The van der Waals surface area contributed by atoms with E-state index in [1.165, 1.54) is 0 Å². The normalized spacial score (nSPS) is 11.9. The molecule has 114 valence electrons. The molecule has 0 spiro atoms. The molecule has 5 heteroatoms. The Hall–Kier alpha value is -1.49. The standard InChI is InChI=1S/C15H27N3O2/c1-13(2)19-11-5-4-9-17-15(16-3)18-10-8-14-7-6-12-20-14/h6-7,12-13H,4-5,8-11H2,1-3H3,(H2,16,17,18). The highest BCUT2D eigenvalue weighted by molar-refractivity contribution is 5.79. The van der Waals surface area contributed by atoms with Crippen LogP contribution in [-0.2, 0) is 11.2 Å². The van der Waals surface area contributed by atoms with Gasteiger partial charge in [-0.3, -0.25) is 4.99 Å². The Morgan fingerprint density at radius 1 is 1.30 bits per heavy atom. The van der Waals surface area contributed by atoms with Gasteiger partial charge in [-0.15, -0.1) is 0 Å². The molecule has 0 radical (unpaired) electrons. The molecule has 0 atom stereocenters. The summed E-state index contributed by atoms with van der Waals surface area (Å²) in [6, 6.07) is 3.88. The van der Waals surface area contributed by atoms with E-state index in [0.717, 1.165) is 50.7 Å². The molecule has 1 rings (SSSR count). The van der Waals surface area contributed by atoms with Crippen molar-refractivity contribution in [2.45, 2.75) is 39.2 Å². The molecule has 2 N–H and O–H groups in total. The molecular formula is C15H27N3O2. The first kappa shape index (κ1) is 16.6. The molecule has 0 aromatic carbocycles. The van der Waals surface area contributed by atoms with Crippen LogP contribution in [0.4, 0.5) is 0 Å². The van der Waals surface area contributed by atoms with E-state index in [1.807, 2.05) is 12.1 Å². The van der Waals surface area contributed by atoms with E-state index >= 15 is 0 Å². The maximum absolute atomic E-state index is 5.50. The molecule has 0 aliphatic heterocycles. The monoisotopic (exact) mass is 281 g/mol. The van der Waals surface area contributed by atoms with E-state index in [2.05, 4.69) is 29.5 Å². The van der Waals surface area contributed by atoms with E-state index in [-0.39, 0.29) is 0 Å². The fourth-order valence-corrected chi connectivity index (χ4v) is 1.73. The summed E-state index contributed by atoms with van der Waals surface area (Å²) in [6.07, 6.45) is 5.01. The Labute approximate surface area is 121 Å². The number of rotatable bonds is 9. The van der Waals surface area contributed by atoms with Crippen LogP contribution in [0.1, 0.15) is 32.4 Å². The molecule has 1 aromatic heterocycles. The number of hydrogen-bond donors (Lipinski definition) is 2. The third-order valence-corrected chi connectivity index (χ3v) is 2.78. The van der Waals surface area contributed by atoms with Crippen molar-refractivity contribution in [1.82, 2.24) is 10.6 Å². The molecular weight excluding hydrogens is 254 g/mol. The Kier molecular flexibility index (Phi) is 8.54. The minimum atomic E-state index is 0.319. The van der Waals surface area contributed by atoms with Gasteiger partial charge in [0.25, 0.3) is 0 Å². The van der Waals surface area contributed by atoms with Crippen LogP contribution >= 0.6 is 0 Å². The summed E-state index contributed by atoms with van der Waals surface area (Å²) in [5.41, 5.74) is 0. The van der Waals surface area contributed by atoms with Crippen LogP contribution in [0.25, 0.3) is 0 Å². The van der Waals surface area contributed by atoms with E-state index in [0.29, 0.717) is 6.10 Å². The van der Waals surface area contributed by atoms with Gasteiger partial charge >= 0.3 is 0 Å². The van der Waals surface area contributed by atoms with E-state index in [9.17, 15) is 0 Å². The number of hydrogen-bond acceptors (Lipinski definition) is 3.